The van der Waals surface area contributed by atoms with Crippen molar-refractivity contribution in [2.75, 3.05) is 10.8 Å². The molecular weight excluding hydrogens is 349 g/mol. The summed E-state index contributed by atoms with van der Waals surface area (Å²) in [4.78, 5) is 1.51. The van der Waals surface area contributed by atoms with E-state index in [-0.39, 0.29) is 26.6 Å². The summed E-state index contributed by atoms with van der Waals surface area (Å²) < 4.78 is 24.3. The maximum atomic E-state index is 12.1. The van der Waals surface area contributed by atoms with E-state index in [1.54, 1.807) is 18.2 Å². The Hall–Kier alpha value is -1.47. The van der Waals surface area contributed by atoms with Crippen molar-refractivity contribution < 1.29 is 18.6 Å². The van der Waals surface area contributed by atoms with Crippen LogP contribution in [0.25, 0.3) is 0 Å². The first-order valence-electron chi connectivity index (χ1n) is 6.25. The molecule has 0 amide bonds. The topological polar surface area (TPSA) is 77.8 Å². The lowest BCUT2D eigenvalue weighted by Gasteiger charge is -2.25. The van der Waals surface area contributed by atoms with Crippen molar-refractivity contribution in [3.05, 3.63) is 52.0 Å². The van der Waals surface area contributed by atoms with Crippen LogP contribution in [0, 0.1) is 0 Å². The van der Waals surface area contributed by atoms with Gasteiger partial charge in [0.15, 0.2) is 21.8 Å². The molecule has 0 fully saturated rings. The molecule has 2 N–H and O–H groups in total. The summed E-state index contributed by atoms with van der Waals surface area (Å²) in [6.07, 6.45) is -1.26. The largest absolute Gasteiger partial charge is 0.505 e. The number of para-hydroxylation sites is 1. The van der Waals surface area contributed by atoms with Gasteiger partial charge in [-0.25, -0.2) is 8.42 Å². The summed E-state index contributed by atoms with van der Waals surface area (Å²) in [5.74, 6) is -0.627. The van der Waals surface area contributed by atoms with E-state index in [9.17, 15) is 18.6 Å². The molecule has 1 heterocycles. The Balaban J connectivity index is 2.06. The average Bonchev–Trinajstić information content (AvgIpc) is 2.76. The van der Waals surface area contributed by atoms with E-state index in [0.29, 0.717) is 11.3 Å². The number of aliphatic hydroxyl groups is 1. The van der Waals surface area contributed by atoms with E-state index in [0.717, 1.165) is 0 Å². The molecule has 1 unspecified atom stereocenters. The van der Waals surface area contributed by atoms with E-state index in [2.05, 4.69) is 0 Å². The Morgan fingerprint density at radius 2 is 1.73 bits per heavy atom. The first-order valence-corrected chi connectivity index (χ1v) is 8.66. The van der Waals surface area contributed by atoms with E-state index in [1.807, 2.05) is 0 Å². The van der Waals surface area contributed by atoms with Gasteiger partial charge in [0.25, 0.3) is 0 Å². The Labute approximate surface area is 137 Å². The molecule has 0 aliphatic carbocycles. The van der Waals surface area contributed by atoms with Crippen LogP contribution in [0.5, 0.6) is 5.75 Å². The number of phenolic OH excluding ortho intramolecular Hbond substituents is 1. The second-order valence-corrected chi connectivity index (χ2v) is 7.63. The minimum absolute atomic E-state index is 0.0168. The fraction of sp³-hybridized carbons (Fsp3) is 0.143. The van der Waals surface area contributed by atoms with Crippen molar-refractivity contribution in [1.82, 2.24) is 0 Å². The predicted molar refractivity (Wildman–Crippen MR) is 84.1 cm³/mol. The highest BCUT2D eigenvalue weighted by Gasteiger charge is 2.36. The van der Waals surface area contributed by atoms with Crippen molar-refractivity contribution in [3.63, 3.8) is 0 Å². The molecule has 0 aromatic heterocycles. The molecular formula is C14H11Cl2NO4S. The fourth-order valence-electron chi connectivity index (χ4n) is 2.40. The average molecular weight is 360 g/mol. The Morgan fingerprint density at radius 1 is 1.14 bits per heavy atom. The van der Waals surface area contributed by atoms with Gasteiger partial charge in [0.1, 0.15) is 5.88 Å². The summed E-state index contributed by atoms with van der Waals surface area (Å²) in [7, 11) is -3.49. The molecule has 1 aliphatic heterocycles. The maximum absolute atomic E-state index is 12.1. The Morgan fingerprint density at radius 3 is 2.36 bits per heavy atom. The van der Waals surface area contributed by atoms with Gasteiger partial charge >= 0.3 is 0 Å². The smallest absolute Gasteiger partial charge is 0.198 e. The summed E-state index contributed by atoms with van der Waals surface area (Å²) in [5.41, 5.74) is 0.704. The van der Waals surface area contributed by atoms with Gasteiger partial charge in [0, 0.05) is 5.56 Å². The first-order chi connectivity index (χ1) is 10.3. The van der Waals surface area contributed by atoms with Crippen LogP contribution in [0.1, 0.15) is 11.8 Å². The zero-order valence-corrected chi connectivity index (χ0v) is 13.4. The molecule has 2 aromatic rings. The van der Waals surface area contributed by atoms with E-state index < -0.39 is 16.1 Å². The number of sulfone groups is 1. The molecule has 0 saturated carbocycles. The normalized spacial score (nSPS) is 17.3. The number of phenols is 1. The van der Waals surface area contributed by atoms with Crippen LogP contribution < -0.4 is 4.90 Å². The fourth-order valence-corrected chi connectivity index (χ4v) is 4.48. The predicted octanol–water partition coefficient (Wildman–Crippen LogP) is 2.94. The molecule has 8 heteroatoms. The van der Waals surface area contributed by atoms with Crippen molar-refractivity contribution in [3.8, 4) is 5.75 Å². The number of aromatic hydroxyl groups is 1. The summed E-state index contributed by atoms with van der Waals surface area (Å²) in [5, 5.41) is 20.0. The second kappa shape index (κ2) is 5.31. The Bertz CT molecular complexity index is 831. The van der Waals surface area contributed by atoms with Gasteiger partial charge in [0.2, 0.25) is 0 Å². The summed E-state index contributed by atoms with van der Waals surface area (Å²) >= 11 is 11.7. The number of halogens is 2. The molecule has 0 spiro atoms. The number of rotatable bonds is 2. The molecule has 3 rings (SSSR count). The van der Waals surface area contributed by atoms with Crippen LogP contribution in [0.2, 0.25) is 10.0 Å². The third-order valence-electron chi connectivity index (χ3n) is 3.45. The van der Waals surface area contributed by atoms with Crippen LogP contribution >= 0.6 is 23.2 Å². The molecule has 22 heavy (non-hydrogen) atoms. The molecule has 0 saturated heterocycles. The molecule has 1 atom stereocenters. The maximum Gasteiger partial charge on any atom is 0.198 e. The summed E-state index contributed by atoms with van der Waals surface area (Å²) in [6, 6.07) is 9.12. The van der Waals surface area contributed by atoms with Crippen molar-refractivity contribution in [1.29, 1.82) is 0 Å². The lowest BCUT2D eigenvalue weighted by molar-refractivity contribution is 0.176. The monoisotopic (exact) mass is 359 g/mol. The number of nitrogens with zero attached hydrogens (tertiary/aromatic N) is 1. The third-order valence-corrected chi connectivity index (χ3v) is 5.66. The van der Waals surface area contributed by atoms with Gasteiger partial charge in [-0.15, -0.1) is 0 Å². The molecule has 0 bridgehead atoms. The minimum atomic E-state index is -3.49. The lowest BCUT2D eigenvalue weighted by Crippen LogP contribution is -2.28. The van der Waals surface area contributed by atoms with Crippen LogP contribution in [0.3, 0.4) is 0 Å². The number of hydrogen-bond acceptors (Lipinski definition) is 5. The highest BCUT2D eigenvalue weighted by molar-refractivity contribution is 7.92. The van der Waals surface area contributed by atoms with Crippen molar-refractivity contribution >= 4 is 38.7 Å². The number of anilines is 1. The van der Waals surface area contributed by atoms with Gasteiger partial charge in [-0.05, 0) is 24.3 Å². The zero-order valence-electron chi connectivity index (χ0n) is 11.1. The SMILES string of the molecule is O=S1(=O)CN(C(O)c2cc(Cl)c(O)c(Cl)c2)c2ccccc21. The van der Waals surface area contributed by atoms with Gasteiger partial charge in [-0.1, -0.05) is 35.3 Å². The highest BCUT2D eigenvalue weighted by atomic mass is 35.5. The number of aliphatic hydroxyl groups excluding tert-OH is 1. The zero-order chi connectivity index (χ0) is 16.1. The van der Waals surface area contributed by atoms with Gasteiger partial charge in [-0.3, -0.25) is 0 Å². The van der Waals surface area contributed by atoms with E-state index in [1.165, 1.54) is 23.1 Å². The van der Waals surface area contributed by atoms with Crippen LogP contribution in [-0.4, -0.2) is 24.5 Å². The molecule has 2 aromatic carbocycles. The lowest BCUT2D eigenvalue weighted by atomic mass is 10.1. The molecule has 0 radical (unpaired) electrons. The molecule has 5 nitrogen and oxygen atoms in total. The number of hydrogen-bond donors (Lipinski definition) is 2. The molecule has 1 aliphatic rings. The third kappa shape index (κ3) is 2.42. The van der Waals surface area contributed by atoms with Gasteiger partial charge < -0.3 is 15.1 Å². The number of benzene rings is 2. The van der Waals surface area contributed by atoms with E-state index in [4.69, 9.17) is 23.2 Å². The van der Waals surface area contributed by atoms with E-state index >= 15 is 0 Å². The molecule has 116 valence electrons. The van der Waals surface area contributed by atoms with Crippen molar-refractivity contribution in [2.45, 2.75) is 11.1 Å². The highest BCUT2D eigenvalue weighted by Crippen LogP contribution is 2.40. The van der Waals surface area contributed by atoms with Crippen LogP contribution in [-0.2, 0) is 9.84 Å². The van der Waals surface area contributed by atoms with Crippen LogP contribution in [0.15, 0.2) is 41.3 Å². The summed E-state index contributed by atoms with van der Waals surface area (Å²) in [6.45, 7) is 0. The first kappa shape index (κ1) is 15.4. The standard InChI is InChI=1S/C14H11Cl2NO4S/c15-9-5-8(6-10(16)13(9)18)14(19)17-7-22(20,21)12-4-2-1-3-11(12)17/h1-6,14,18-19H,7H2. The van der Waals surface area contributed by atoms with Crippen molar-refractivity contribution in [2.24, 2.45) is 0 Å². The minimum Gasteiger partial charge on any atom is -0.505 e. The van der Waals surface area contributed by atoms with Gasteiger partial charge in [-0.2, -0.15) is 0 Å². The van der Waals surface area contributed by atoms with Gasteiger partial charge in [0.05, 0.1) is 20.6 Å². The Kier molecular flexibility index (Phi) is 3.72. The second-order valence-electron chi connectivity index (χ2n) is 4.89. The quantitative estimate of drug-likeness (QED) is 0.861. The number of fused-ring (bicyclic) bond motifs is 1. The van der Waals surface area contributed by atoms with Crippen LogP contribution in [0.4, 0.5) is 5.69 Å².